The zero-order valence-electron chi connectivity index (χ0n) is 6.71. The minimum absolute atomic E-state index is 0. The number of carbonyl (C=O) groups is 1. The van der Waals surface area contributed by atoms with Gasteiger partial charge in [0, 0.05) is 5.56 Å². The zero-order chi connectivity index (χ0) is 9.14. The van der Waals surface area contributed by atoms with Crippen molar-refractivity contribution in [2.45, 2.75) is 0 Å². The zero-order valence-corrected chi connectivity index (χ0v) is 11.1. The summed E-state index contributed by atoms with van der Waals surface area (Å²) >= 11 is 8.14. The van der Waals surface area contributed by atoms with Crippen LogP contribution in [-0.2, 0) is 0 Å². The van der Waals surface area contributed by atoms with Gasteiger partial charge in [-0.1, -0.05) is 6.07 Å². The van der Waals surface area contributed by atoms with E-state index in [0.29, 0.717) is 4.47 Å². The Hall–Kier alpha value is 0.260. The maximum atomic E-state index is 10.5. The van der Waals surface area contributed by atoms with Gasteiger partial charge in [0.1, 0.15) is 11.9 Å². The van der Waals surface area contributed by atoms with E-state index in [4.69, 9.17) is 11.9 Å². The minimum Gasteiger partial charge on any atom is -0.545 e. The van der Waals surface area contributed by atoms with E-state index in [1.807, 2.05) is 0 Å². The predicted molar refractivity (Wildman–Crippen MR) is 45.0 cm³/mol. The molecule has 0 spiro atoms. The summed E-state index contributed by atoms with van der Waals surface area (Å²) in [6.45, 7) is 0. The predicted octanol–water partition coefficient (Wildman–Crippen LogP) is -1.65. The molecule has 0 amide bonds. The summed E-state index contributed by atoms with van der Waals surface area (Å²) in [7, 11) is 0. The minimum atomic E-state index is -1.33. The van der Waals surface area contributed by atoms with E-state index in [-0.39, 0.29) is 40.9 Å². The Kier molecular flexibility index (Phi) is 6.00. The summed E-state index contributed by atoms with van der Waals surface area (Å²) < 4.78 is 4.81. The Balaban J connectivity index is 0.00000144. The van der Waals surface area contributed by atoms with Crippen molar-refractivity contribution in [3.8, 4) is 5.75 Å². The number of aromatic carboxylic acids is 1. The molecule has 1 aromatic rings. The summed E-state index contributed by atoms with van der Waals surface area (Å²) in [5.41, 5.74) is -0.0839. The fourth-order valence-corrected chi connectivity index (χ4v) is 1.45. The van der Waals surface area contributed by atoms with E-state index in [9.17, 15) is 9.90 Å². The van der Waals surface area contributed by atoms with Gasteiger partial charge in [-0.2, -0.15) is 0 Å². The van der Waals surface area contributed by atoms with Crippen LogP contribution in [0.3, 0.4) is 0 Å². The third-order valence-corrected chi connectivity index (χ3v) is 2.04. The van der Waals surface area contributed by atoms with Gasteiger partial charge in [0.2, 0.25) is 0 Å². The number of carbonyl (C=O) groups excluding carboxylic acids is 1. The molecule has 3 nitrogen and oxygen atoms in total. The number of benzene rings is 1. The summed E-state index contributed by atoms with van der Waals surface area (Å²) in [6.07, 6.45) is 0. The first-order valence-electron chi connectivity index (χ1n) is 2.95. The van der Waals surface area contributed by atoms with Crippen LogP contribution in [-0.4, -0.2) is 5.97 Å². The molecule has 64 valence electrons. The number of hydrogen-bond donors (Lipinski definition) is 0. The number of carboxylic acids is 1. The van der Waals surface area contributed by atoms with Gasteiger partial charge >= 0.3 is 29.6 Å². The van der Waals surface area contributed by atoms with Crippen molar-refractivity contribution >= 4 is 33.8 Å². The summed E-state index contributed by atoms with van der Waals surface area (Å²) in [4.78, 5) is 10.5. The van der Waals surface area contributed by atoms with Gasteiger partial charge in [0.15, 0.2) is 5.75 Å². The average molecular weight is 273 g/mol. The molecule has 1 aromatic carbocycles. The second-order valence-electron chi connectivity index (χ2n) is 1.98. The topological polar surface area (TPSA) is 49.4 Å². The molecular weight excluding hydrogens is 270 g/mol. The second-order valence-corrected chi connectivity index (χ2v) is 2.99. The van der Waals surface area contributed by atoms with Crippen molar-refractivity contribution in [3.05, 3.63) is 28.2 Å². The number of halogens is 2. The molecule has 13 heavy (non-hydrogen) atoms. The van der Waals surface area contributed by atoms with E-state index in [0.717, 1.165) is 0 Å². The van der Waals surface area contributed by atoms with Crippen LogP contribution in [0.1, 0.15) is 10.4 Å². The summed E-state index contributed by atoms with van der Waals surface area (Å²) in [5, 5.41) is 10.5. The Morgan fingerprint density at radius 2 is 2.15 bits per heavy atom. The van der Waals surface area contributed by atoms with E-state index in [1.54, 1.807) is 12.1 Å². The maximum Gasteiger partial charge on any atom is 1.00 e. The smallest absolute Gasteiger partial charge is 0.545 e. The molecule has 1 rings (SSSR count). The number of hydrogen-bond acceptors (Lipinski definition) is 3. The van der Waals surface area contributed by atoms with Gasteiger partial charge < -0.3 is 14.2 Å². The number of rotatable bonds is 2. The van der Waals surface area contributed by atoms with Crippen LogP contribution < -0.4 is 39.0 Å². The van der Waals surface area contributed by atoms with Gasteiger partial charge in [-0.05, 0) is 28.1 Å². The van der Waals surface area contributed by atoms with Crippen LogP contribution in [0.4, 0.5) is 0 Å². The third-order valence-electron chi connectivity index (χ3n) is 1.26. The molecule has 0 saturated heterocycles. The van der Waals surface area contributed by atoms with Crippen LogP contribution in [0.2, 0.25) is 0 Å². The van der Waals surface area contributed by atoms with E-state index >= 15 is 0 Å². The molecular formula is C7H3BrClNaO3. The maximum absolute atomic E-state index is 10.5. The molecule has 0 atom stereocenters. The monoisotopic (exact) mass is 272 g/mol. The first-order chi connectivity index (χ1) is 5.66. The Bertz CT molecular complexity index is 319. The summed E-state index contributed by atoms with van der Waals surface area (Å²) in [5.74, 6) is -1.27. The second kappa shape index (κ2) is 5.88. The van der Waals surface area contributed by atoms with Gasteiger partial charge in [-0.25, -0.2) is 0 Å². The average Bonchev–Trinajstić information content (AvgIpc) is 2.03. The van der Waals surface area contributed by atoms with Crippen molar-refractivity contribution in [2.24, 2.45) is 0 Å². The molecule has 0 bridgehead atoms. The van der Waals surface area contributed by atoms with Crippen LogP contribution in [0, 0.1) is 0 Å². The number of carboxylic acid groups (broad SMARTS) is 1. The summed E-state index contributed by atoms with van der Waals surface area (Å²) in [6, 6.07) is 4.51. The molecule has 6 heteroatoms. The normalized spacial score (nSPS) is 8.77. The van der Waals surface area contributed by atoms with Crippen molar-refractivity contribution in [1.29, 1.82) is 0 Å². The van der Waals surface area contributed by atoms with Crippen molar-refractivity contribution < 1.29 is 43.7 Å². The van der Waals surface area contributed by atoms with Crippen molar-refractivity contribution in [1.82, 2.24) is 0 Å². The molecule has 0 heterocycles. The van der Waals surface area contributed by atoms with Gasteiger partial charge in [0.25, 0.3) is 0 Å². The van der Waals surface area contributed by atoms with Crippen LogP contribution in [0.5, 0.6) is 5.75 Å². The van der Waals surface area contributed by atoms with E-state index < -0.39 is 5.97 Å². The molecule has 0 N–H and O–H groups in total. The largest absolute Gasteiger partial charge is 1.00 e. The Morgan fingerprint density at radius 1 is 1.54 bits per heavy atom. The first kappa shape index (κ1) is 13.3. The fourth-order valence-electron chi connectivity index (χ4n) is 0.748. The van der Waals surface area contributed by atoms with Crippen LogP contribution in [0.15, 0.2) is 22.7 Å². The quantitative estimate of drug-likeness (QED) is 0.607. The Labute approximate surface area is 111 Å². The third kappa shape index (κ3) is 3.14. The van der Waals surface area contributed by atoms with Crippen LogP contribution in [0.25, 0.3) is 0 Å². The van der Waals surface area contributed by atoms with E-state index in [1.165, 1.54) is 6.07 Å². The molecule has 0 radical (unpaired) electrons. The van der Waals surface area contributed by atoms with Crippen LogP contribution >= 0.6 is 27.8 Å². The van der Waals surface area contributed by atoms with Crippen molar-refractivity contribution in [3.63, 3.8) is 0 Å². The Morgan fingerprint density at radius 3 is 2.54 bits per heavy atom. The van der Waals surface area contributed by atoms with Gasteiger partial charge in [-0.15, -0.1) is 0 Å². The van der Waals surface area contributed by atoms with Gasteiger partial charge in [0.05, 0.1) is 10.4 Å². The molecule has 0 saturated carbocycles. The fraction of sp³-hybridized carbons (Fsp3) is 0. The van der Waals surface area contributed by atoms with Crippen molar-refractivity contribution in [2.75, 3.05) is 0 Å². The molecule has 0 aliphatic rings. The standard InChI is InChI=1S/C7H4BrClO3.Na/c8-5-3-1-2-4(7(10)11)6(5)12-9;/h1-3H,(H,10,11);/q;+1/p-1. The van der Waals surface area contributed by atoms with Gasteiger partial charge in [-0.3, -0.25) is 0 Å². The molecule has 0 aliphatic heterocycles. The molecule has 0 aliphatic carbocycles. The SMILES string of the molecule is O=C([O-])c1cccc(Br)c1OCl.[Na+]. The molecule has 0 unspecified atom stereocenters. The van der Waals surface area contributed by atoms with E-state index in [2.05, 4.69) is 20.2 Å². The molecule has 0 aromatic heterocycles. The first-order valence-corrected chi connectivity index (χ1v) is 4.05. The number of para-hydroxylation sites is 1. The molecule has 0 fully saturated rings.